The number of aliphatic carboxylic acids is 1. The molecule has 108 valence electrons. The van der Waals surface area contributed by atoms with Crippen LogP contribution in [0.4, 0.5) is 0 Å². The number of carbonyl (C=O) groups is 2. The van der Waals surface area contributed by atoms with E-state index in [0.29, 0.717) is 0 Å². The average molecular weight is 275 g/mol. The molecule has 0 radical (unpaired) electrons. The molecule has 1 aliphatic heterocycles. The molecule has 1 saturated heterocycles. The number of hydrogen-bond acceptors (Lipinski definition) is 3. The van der Waals surface area contributed by atoms with Crippen LogP contribution in [0.15, 0.2) is 24.3 Å². The largest absolute Gasteiger partial charge is 0.480 e. The molecule has 2 rings (SSSR count). The van der Waals surface area contributed by atoms with Gasteiger partial charge >= 0.3 is 5.97 Å². The lowest BCUT2D eigenvalue weighted by molar-refractivity contribution is -0.157. The molecule has 1 fully saturated rings. The molecule has 1 heterocycles. The van der Waals surface area contributed by atoms with Crippen LogP contribution in [-0.4, -0.2) is 35.4 Å². The van der Waals surface area contributed by atoms with E-state index in [1.54, 1.807) is 0 Å². The fraction of sp³-hybridized carbons (Fsp3) is 0.500. The van der Waals surface area contributed by atoms with Crippen LogP contribution in [0.2, 0.25) is 0 Å². The first-order chi connectivity index (χ1) is 9.54. The summed E-state index contributed by atoms with van der Waals surface area (Å²) in [5, 5.41) is 9.85. The van der Waals surface area contributed by atoms with Crippen molar-refractivity contribution in [3.63, 3.8) is 0 Å². The van der Waals surface area contributed by atoms with Crippen molar-refractivity contribution in [3.8, 4) is 0 Å². The molecule has 1 unspecified atom stereocenters. The molecule has 1 N–H and O–H groups in total. The number of likely N-dealkylation sites (tertiary alicyclic amines) is 1. The Bertz CT molecular complexity index is 508. The zero-order chi connectivity index (χ0) is 14.8. The van der Waals surface area contributed by atoms with Crippen molar-refractivity contribution >= 4 is 12.3 Å². The second-order valence-electron chi connectivity index (χ2n) is 5.62. The summed E-state index contributed by atoms with van der Waals surface area (Å²) < 4.78 is 0. The minimum Gasteiger partial charge on any atom is -0.480 e. The first-order valence-electron chi connectivity index (χ1n) is 7.05. The summed E-state index contributed by atoms with van der Waals surface area (Å²) in [6.07, 6.45) is 1.70. The molecule has 1 aromatic rings. The first kappa shape index (κ1) is 14.7. The van der Waals surface area contributed by atoms with E-state index < -0.39 is 11.5 Å². The van der Waals surface area contributed by atoms with Gasteiger partial charge in [-0.1, -0.05) is 38.1 Å². The lowest BCUT2D eigenvalue weighted by Gasteiger charge is -2.46. The maximum atomic E-state index is 12.0. The zero-order valence-corrected chi connectivity index (χ0v) is 12.0. The number of carboxylic acids is 1. The van der Waals surface area contributed by atoms with Crippen LogP contribution in [0.1, 0.15) is 43.7 Å². The highest BCUT2D eigenvalue weighted by Crippen LogP contribution is 2.39. The van der Waals surface area contributed by atoms with E-state index >= 15 is 0 Å². The van der Waals surface area contributed by atoms with Gasteiger partial charge in [0, 0.05) is 19.5 Å². The van der Waals surface area contributed by atoms with Crippen molar-refractivity contribution in [3.05, 3.63) is 35.4 Å². The number of benzene rings is 1. The molecule has 0 aliphatic carbocycles. The van der Waals surface area contributed by atoms with E-state index in [1.165, 1.54) is 0 Å². The second-order valence-corrected chi connectivity index (χ2v) is 5.62. The van der Waals surface area contributed by atoms with Crippen LogP contribution in [0, 0.1) is 0 Å². The van der Waals surface area contributed by atoms with Gasteiger partial charge in [-0.3, -0.25) is 4.90 Å². The fourth-order valence-corrected chi connectivity index (χ4v) is 2.94. The number of nitrogens with zero attached hydrogens (tertiary/aromatic N) is 1. The minimum atomic E-state index is -1.21. The zero-order valence-electron chi connectivity index (χ0n) is 12.0. The molecule has 0 spiro atoms. The lowest BCUT2D eigenvalue weighted by Crippen LogP contribution is -2.58. The quantitative estimate of drug-likeness (QED) is 0.810. The van der Waals surface area contributed by atoms with Crippen LogP contribution in [0.25, 0.3) is 0 Å². The van der Waals surface area contributed by atoms with Crippen LogP contribution in [0.3, 0.4) is 0 Å². The van der Waals surface area contributed by atoms with Crippen molar-refractivity contribution in [2.24, 2.45) is 0 Å². The van der Waals surface area contributed by atoms with E-state index in [1.807, 2.05) is 43.0 Å². The minimum absolute atomic E-state index is 0.00787. The van der Waals surface area contributed by atoms with Gasteiger partial charge in [-0.15, -0.1) is 0 Å². The van der Waals surface area contributed by atoms with Crippen molar-refractivity contribution in [1.82, 2.24) is 4.90 Å². The summed E-state index contributed by atoms with van der Waals surface area (Å²) in [6.45, 7) is 5.55. The van der Waals surface area contributed by atoms with Crippen LogP contribution in [0.5, 0.6) is 0 Å². The smallest absolute Gasteiger partial charge is 0.329 e. The van der Waals surface area contributed by atoms with Crippen molar-refractivity contribution < 1.29 is 14.7 Å². The molecule has 1 aliphatic rings. The highest BCUT2D eigenvalue weighted by Gasteiger charge is 2.48. The molecular formula is C16H21NO3. The lowest BCUT2D eigenvalue weighted by atomic mass is 9.78. The molecule has 0 bridgehead atoms. The van der Waals surface area contributed by atoms with Crippen molar-refractivity contribution in [2.45, 2.75) is 38.1 Å². The van der Waals surface area contributed by atoms with E-state index in [2.05, 4.69) is 0 Å². The molecule has 4 heteroatoms. The summed E-state index contributed by atoms with van der Waals surface area (Å²) in [6, 6.07) is 7.58. The maximum Gasteiger partial charge on any atom is 0.329 e. The predicted octanol–water partition coefficient (Wildman–Crippen LogP) is 2.38. The third-order valence-electron chi connectivity index (χ3n) is 4.16. The topological polar surface area (TPSA) is 57.6 Å². The Morgan fingerprint density at radius 2 is 2.05 bits per heavy atom. The van der Waals surface area contributed by atoms with Gasteiger partial charge in [0.2, 0.25) is 0 Å². The molecule has 20 heavy (non-hydrogen) atoms. The number of carbonyl (C=O) groups excluding carboxylic acids is 1. The molecule has 0 amide bonds. The standard InChI is InChI=1S/C16H21NO3/c1-12(2)13-6-3-4-7-14(13)16(8-11-18,15(19)20)17-9-5-10-17/h3-4,6-7,11-12H,5,8-10H2,1-2H3,(H,19,20). The van der Waals surface area contributed by atoms with Gasteiger partial charge in [0.25, 0.3) is 0 Å². The highest BCUT2D eigenvalue weighted by atomic mass is 16.4. The Labute approximate surface area is 119 Å². The number of carboxylic acid groups (broad SMARTS) is 1. The summed E-state index contributed by atoms with van der Waals surface area (Å²) in [7, 11) is 0. The monoisotopic (exact) mass is 275 g/mol. The summed E-state index contributed by atoms with van der Waals surface area (Å²) in [4.78, 5) is 25.1. The Morgan fingerprint density at radius 3 is 2.50 bits per heavy atom. The second kappa shape index (κ2) is 5.75. The van der Waals surface area contributed by atoms with Gasteiger partial charge in [-0.2, -0.15) is 0 Å². The Morgan fingerprint density at radius 1 is 1.40 bits per heavy atom. The van der Waals surface area contributed by atoms with Gasteiger partial charge in [0.15, 0.2) is 5.54 Å². The Hall–Kier alpha value is -1.68. The fourth-order valence-electron chi connectivity index (χ4n) is 2.94. The number of hydrogen-bond donors (Lipinski definition) is 1. The number of aldehydes is 1. The first-order valence-corrected chi connectivity index (χ1v) is 7.05. The Balaban J connectivity index is 2.61. The predicted molar refractivity (Wildman–Crippen MR) is 76.7 cm³/mol. The van der Waals surface area contributed by atoms with E-state index in [-0.39, 0.29) is 12.3 Å². The third-order valence-corrected chi connectivity index (χ3v) is 4.16. The molecule has 0 aromatic heterocycles. The highest BCUT2D eigenvalue weighted by molar-refractivity contribution is 5.84. The van der Waals surface area contributed by atoms with Crippen LogP contribution >= 0.6 is 0 Å². The SMILES string of the molecule is CC(C)c1ccccc1C(CC=O)(C(=O)O)N1CCC1. The van der Waals surface area contributed by atoms with E-state index in [0.717, 1.165) is 36.9 Å². The van der Waals surface area contributed by atoms with Gasteiger partial charge in [0.05, 0.1) is 0 Å². The van der Waals surface area contributed by atoms with Gasteiger partial charge in [-0.05, 0) is 23.5 Å². The summed E-state index contributed by atoms with van der Waals surface area (Å²) in [5.74, 6) is -0.713. The van der Waals surface area contributed by atoms with Gasteiger partial charge < -0.3 is 9.90 Å². The molecule has 4 nitrogen and oxygen atoms in total. The summed E-state index contributed by atoms with van der Waals surface area (Å²) >= 11 is 0. The molecular weight excluding hydrogens is 254 g/mol. The normalized spacial score (nSPS) is 18.4. The van der Waals surface area contributed by atoms with Gasteiger partial charge in [0.1, 0.15) is 6.29 Å². The maximum absolute atomic E-state index is 12.0. The van der Waals surface area contributed by atoms with E-state index in [9.17, 15) is 14.7 Å². The van der Waals surface area contributed by atoms with Crippen molar-refractivity contribution in [1.29, 1.82) is 0 Å². The van der Waals surface area contributed by atoms with Crippen LogP contribution < -0.4 is 0 Å². The molecule has 1 atom stereocenters. The summed E-state index contributed by atoms with van der Waals surface area (Å²) in [5.41, 5.74) is 0.555. The molecule has 1 aromatic carbocycles. The van der Waals surface area contributed by atoms with E-state index in [4.69, 9.17) is 0 Å². The Kier molecular flexibility index (Phi) is 4.23. The van der Waals surface area contributed by atoms with Gasteiger partial charge in [-0.25, -0.2) is 4.79 Å². The number of rotatable bonds is 6. The third kappa shape index (κ3) is 2.24. The molecule has 0 saturated carbocycles. The van der Waals surface area contributed by atoms with Crippen LogP contribution in [-0.2, 0) is 15.1 Å². The van der Waals surface area contributed by atoms with Crippen molar-refractivity contribution in [2.75, 3.05) is 13.1 Å². The average Bonchev–Trinajstić information content (AvgIpc) is 2.35.